The summed E-state index contributed by atoms with van der Waals surface area (Å²) in [6.07, 6.45) is 3.57. The summed E-state index contributed by atoms with van der Waals surface area (Å²) in [5.74, 6) is 0.0502. The van der Waals surface area contributed by atoms with E-state index in [9.17, 15) is 9.90 Å². The van der Waals surface area contributed by atoms with Crippen LogP contribution in [0.4, 0.5) is 10.8 Å². The van der Waals surface area contributed by atoms with E-state index in [-0.39, 0.29) is 11.7 Å². The van der Waals surface area contributed by atoms with E-state index in [0.29, 0.717) is 37.9 Å². The van der Waals surface area contributed by atoms with Crippen molar-refractivity contribution in [2.24, 2.45) is 5.10 Å². The van der Waals surface area contributed by atoms with Gasteiger partial charge in [0.05, 0.1) is 27.7 Å². The van der Waals surface area contributed by atoms with E-state index in [0.717, 1.165) is 16.1 Å². The third-order valence-corrected chi connectivity index (χ3v) is 6.99. The normalized spacial score (nSPS) is 11.5. The van der Waals surface area contributed by atoms with Crippen molar-refractivity contribution in [3.63, 3.8) is 0 Å². The highest BCUT2D eigenvalue weighted by molar-refractivity contribution is 7.17. The number of carbonyl (C=O) groups is 1. The van der Waals surface area contributed by atoms with Gasteiger partial charge in [-0.3, -0.25) is 4.79 Å². The molecule has 0 spiro atoms. The lowest BCUT2D eigenvalue weighted by Crippen LogP contribution is -2.19. The van der Waals surface area contributed by atoms with E-state index in [2.05, 4.69) is 20.8 Å². The first-order valence-corrected chi connectivity index (χ1v) is 12.6. The Bertz CT molecular complexity index is 1490. The van der Waals surface area contributed by atoms with Crippen molar-refractivity contribution in [1.82, 2.24) is 10.4 Å². The molecule has 4 aromatic rings. The van der Waals surface area contributed by atoms with Crippen LogP contribution in [0.25, 0.3) is 6.08 Å². The molecule has 0 saturated heterocycles. The molecule has 0 saturated carbocycles. The van der Waals surface area contributed by atoms with Gasteiger partial charge in [0.15, 0.2) is 16.6 Å². The monoisotopic (exact) mass is 552 g/mol. The maximum absolute atomic E-state index is 12.6. The van der Waals surface area contributed by atoms with Gasteiger partial charge in [0.25, 0.3) is 5.91 Å². The van der Waals surface area contributed by atoms with E-state index >= 15 is 0 Å². The molecular formula is C27H22Cl2N4O3S. The number of amides is 1. The van der Waals surface area contributed by atoms with Gasteiger partial charge in [-0.1, -0.05) is 64.9 Å². The van der Waals surface area contributed by atoms with E-state index in [1.165, 1.54) is 18.4 Å². The van der Waals surface area contributed by atoms with Crippen LogP contribution >= 0.6 is 34.5 Å². The fourth-order valence-electron chi connectivity index (χ4n) is 3.29. The number of methoxy groups -OCH3 is 1. The van der Waals surface area contributed by atoms with E-state index in [1.54, 1.807) is 72.8 Å². The molecule has 1 aromatic heterocycles. The Morgan fingerprint density at radius 1 is 1.08 bits per heavy atom. The van der Waals surface area contributed by atoms with Crippen LogP contribution in [0, 0.1) is 6.92 Å². The molecule has 0 fully saturated rings. The number of nitrogens with zero attached hydrogens (tertiary/aromatic N) is 2. The van der Waals surface area contributed by atoms with Crippen LogP contribution in [0.3, 0.4) is 0 Å². The number of rotatable bonds is 8. The van der Waals surface area contributed by atoms with Gasteiger partial charge in [-0.15, -0.1) is 0 Å². The first-order valence-electron chi connectivity index (χ1n) is 11.0. The van der Waals surface area contributed by atoms with Crippen LogP contribution < -0.4 is 15.5 Å². The minimum absolute atomic E-state index is 0.0417. The second-order valence-corrected chi connectivity index (χ2v) is 9.57. The Labute approximate surface area is 228 Å². The maximum atomic E-state index is 12.6. The molecule has 4 rings (SSSR count). The lowest BCUT2D eigenvalue weighted by atomic mass is 10.1. The highest BCUT2D eigenvalue weighted by Gasteiger charge is 2.14. The Morgan fingerprint density at radius 2 is 1.86 bits per heavy atom. The zero-order valence-corrected chi connectivity index (χ0v) is 22.2. The van der Waals surface area contributed by atoms with Gasteiger partial charge in [-0.05, 0) is 61.0 Å². The second kappa shape index (κ2) is 11.9. The van der Waals surface area contributed by atoms with Crippen molar-refractivity contribution in [2.45, 2.75) is 6.92 Å². The molecule has 3 aromatic carbocycles. The number of allylic oxidation sites excluding steroid dienone is 1. The molecule has 0 bridgehead atoms. The van der Waals surface area contributed by atoms with Gasteiger partial charge < -0.3 is 15.2 Å². The summed E-state index contributed by atoms with van der Waals surface area (Å²) in [7, 11) is 1.48. The fourth-order valence-corrected chi connectivity index (χ4v) is 4.54. The summed E-state index contributed by atoms with van der Waals surface area (Å²) in [6, 6.07) is 19.0. The van der Waals surface area contributed by atoms with Gasteiger partial charge >= 0.3 is 0 Å². The average Bonchev–Trinajstić information content (AvgIpc) is 3.26. The number of aromatic nitrogens is 1. The van der Waals surface area contributed by atoms with Crippen LogP contribution in [0.2, 0.25) is 10.0 Å². The summed E-state index contributed by atoms with van der Waals surface area (Å²) < 4.78 is 5.19. The topological polar surface area (TPSA) is 95.8 Å². The van der Waals surface area contributed by atoms with Gasteiger partial charge in [0.1, 0.15) is 5.71 Å². The van der Waals surface area contributed by atoms with E-state index in [4.69, 9.17) is 27.9 Å². The molecule has 3 N–H and O–H groups in total. The Hall–Kier alpha value is -3.85. The van der Waals surface area contributed by atoms with Crippen LogP contribution in [-0.4, -0.2) is 28.8 Å². The Kier molecular flexibility index (Phi) is 8.45. The number of phenolic OH excluding ortho intramolecular Hbond substituents is 1. The predicted octanol–water partition coefficient (Wildman–Crippen LogP) is 7.06. The number of hydrazone groups is 1. The molecule has 0 aliphatic rings. The Balaban J connectivity index is 1.66. The number of aromatic hydroxyl groups is 1. The van der Waals surface area contributed by atoms with E-state index < -0.39 is 0 Å². The van der Waals surface area contributed by atoms with Crippen molar-refractivity contribution in [1.29, 1.82) is 0 Å². The van der Waals surface area contributed by atoms with Gasteiger partial charge in [0.2, 0.25) is 0 Å². The molecule has 1 heterocycles. The van der Waals surface area contributed by atoms with Gasteiger partial charge in [-0.25, -0.2) is 10.4 Å². The highest BCUT2D eigenvalue weighted by Crippen LogP contribution is 2.31. The number of nitrogens with one attached hydrogen (secondary N) is 2. The first-order chi connectivity index (χ1) is 17.8. The number of hydrogen-bond acceptors (Lipinski definition) is 7. The number of hydrogen-bond donors (Lipinski definition) is 3. The van der Waals surface area contributed by atoms with Crippen molar-refractivity contribution >= 4 is 63.1 Å². The zero-order valence-electron chi connectivity index (χ0n) is 19.8. The molecule has 0 radical (unpaired) electrons. The smallest absolute Gasteiger partial charge is 0.271 e. The number of carbonyl (C=O) groups excluding carboxylic acids is 1. The zero-order chi connectivity index (χ0) is 26.4. The number of thiazole rings is 1. The number of halogens is 2. The van der Waals surface area contributed by atoms with Crippen molar-refractivity contribution < 1.29 is 14.6 Å². The molecular weight excluding hydrogens is 531 g/mol. The molecule has 0 atom stereocenters. The third kappa shape index (κ3) is 6.68. The van der Waals surface area contributed by atoms with Crippen LogP contribution in [0.1, 0.15) is 26.5 Å². The summed E-state index contributed by atoms with van der Waals surface area (Å²) in [5.41, 5.74) is 5.83. The van der Waals surface area contributed by atoms with Gasteiger partial charge in [0, 0.05) is 11.3 Å². The van der Waals surface area contributed by atoms with Crippen molar-refractivity contribution in [3.05, 3.63) is 105 Å². The number of aryl methyl sites for hydroxylation is 1. The molecule has 0 aliphatic carbocycles. The number of benzene rings is 3. The first kappa shape index (κ1) is 26.2. The van der Waals surface area contributed by atoms with Crippen molar-refractivity contribution in [2.75, 3.05) is 12.4 Å². The number of phenols is 1. The molecule has 0 aliphatic heterocycles. The molecule has 1 amide bonds. The van der Waals surface area contributed by atoms with Crippen molar-refractivity contribution in [3.8, 4) is 11.5 Å². The number of anilines is 2. The second-order valence-electron chi connectivity index (χ2n) is 7.76. The van der Waals surface area contributed by atoms with E-state index in [1.807, 2.05) is 13.0 Å². The third-order valence-electron chi connectivity index (χ3n) is 5.15. The molecule has 10 heteroatoms. The standard InChI is InChI=1S/C27H22Cl2N4O3S/c1-16-25(37-27(30-16)31-19-10-11-20(28)21(29)15-19)22(32-33-26(35)18-6-4-3-5-7-18)12-8-17-9-13-23(34)24(14-17)36-2/h3-15,34H,1-2H3,(H,30,31)(H,33,35)/b12-8+,32-22-. The summed E-state index contributed by atoms with van der Waals surface area (Å²) in [6.45, 7) is 1.86. The lowest BCUT2D eigenvalue weighted by molar-refractivity contribution is 0.0955. The summed E-state index contributed by atoms with van der Waals surface area (Å²) in [5, 5.41) is 19.0. The molecule has 37 heavy (non-hydrogen) atoms. The summed E-state index contributed by atoms with van der Waals surface area (Å²) >= 11 is 13.5. The highest BCUT2D eigenvalue weighted by atomic mass is 35.5. The SMILES string of the molecule is COc1cc(/C=C/C(=N/NC(=O)c2ccccc2)c2sc(Nc3ccc(Cl)c(Cl)c3)nc2C)ccc1O. The largest absolute Gasteiger partial charge is 0.504 e. The van der Waals surface area contributed by atoms with Crippen LogP contribution in [0.15, 0.2) is 77.9 Å². The average molecular weight is 553 g/mol. The molecule has 188 valence electrons. The maximum Gasteiger partial charge on any atom is 0.271 e. The molecule has 0 unspecified atom stereocenters. The number of ether oxygens (including phenoxy) is 1. The molecule has 7 nitrogen and oxygen atoms in total. The Morgan fingerprint density at radius 3 is 2.59 bits per heavy atom. The summed E-state index contributed by atoms with van der Waals surface area (Å²) in [4.78, 5) is 18.0. The van der Waals surface area contributed by atoms with Crippen LogP contribution in [-0.2, 0) is 0 Å². The van der Waals surface area contributed by atoms with Crippen LogP contribution in [0.5, 0.6) is 11.5 Å². The predicted molar refractivity (Wildman–Crippen MR) is 151 cm³/mol. The quantitative estimate of drug-likeness (QED) is 0.160. The fraction of sp³-hybridized carbons (Fsp3) is 0.0741. The minimum Gasteiger partial charge on any atom is -0.504 e. The van der Waals surface area contributed by atoms with Gasteiger partial charge in [-0.2, -0.15) is 5.10 Å². The minimum atomic E-state index is -0.339. The lowest BCUT2D eigenvalue weighted by Gasteiger charge is -2.05.